The fourth-order valence-electron chi connectivity index (χ4n) is 3.78. The normalized spacial score (nSPS) is 13.0. The van der Waals surface area contributed by atoms with Crippen molar-refractivity contribution in [2.45, 2.75) is 57.3 Å². The fourth-order valence-corrected chi connectivity index (χ4v) is 3.90. The minimum atomic E-state index is -4.97. The van der Waals surface area contributed by atoms with Crippen molar-refractivity contribution in [3.63, 3.8) is 0 Å². The van der Waals surface area contributed by atoms with Crippen molar-refractivity contribution in [1.82, 2.24) is 25.0 Å². The SMILES string of the molecule is CC(C)(N)C(=O)NC(=O)C(NC(=O)Cn1nc(-c2ccc(Cl)cc2)n(CCC(F)(F)F)c1=O)c1ccccc1C(F)(F)F. The van der Waals surface area contributed by atoms with E-state index in [9.17, 15) is 45.5 Å². The molecule has 0 aliphatic carbocycles. The molecule has 0 radical (unpaired) electrons. The average molecular weight is 635 g/mol. The maximum Gasteiger partial charge on any atom is 0.416 e. The molecular formula is C26H25ClF6N6O4. The first-order valence-corrected chi connectivity index (χ1v) is 12.8. The van der Waals surface area contributed by atoms with Gasteiger partial charge in [0.05, 0.1) is 17.5 Å². The molecule has 3 amide bonds. The highest BCUT2D eigenvalue weighted by molar-refractivity contribution is 6.30. The average Bonchev–Trinajstić information content (AvgIpc) is 3.19. The lowest BCUT2D eigenvalue weighted by Gasteiger charge is -2.24. The summed E-state index contributed by atoms with van der Waals surface area (Å²) in [7, 11) is 0. The third-order valence-corrected chi connectivity index (χ3v) is 6.16. The van der Waals surface area contributed by atoms with Crippen LogP contribution in [0.2, 0.25) is 5.02 Å². The number of imide groups is 1. The Morgan fingerprint density at radius 3 is 2.16 bits per heavy atom. The molecule has 0 fully saturated rings. The molecule has 1 heterocycles. The second-order valence-electron chi connectivity index (χ2n) is 9.91. The van der Waals surface area contributed by atoms with Gasteiger partial charge in [0.1, 0.15) is 12.6 Å². The maximum absolute atomic E-state index is 13.8. The predicted molar refractivity (Wildman–Crippen MR) is 141 cm³/mol. The number of hydrogen-bond donors (Lipinski definition) is 3. The number of amides is 3. The number of benzene rings is 2. The van der Waals surface area contributed by atoms with Gasteiger partial charge in [-0.15, -0.1) is 5.10 Å². The van der Waals surface area contributed by atoms with Crippen LogP contribution in [0.4, 0.5) is 26.3 Å². The summed E-state index contributed by atoms with van der Waals surface area (Å²) in [6, 6.07) is 7.21. The lowest BCUT2D eigenvalue weighted by molar-refractivity contribution is -0.140. The number of nitrogens with zero attached hydrogens (tertiary/aromatic N) is 3. The van der Waals surface area contributed by atoms with Crippen LogP contribution in [0.15, 0.2) is 53.3 Å². The molecular weight excluding hydrogens is 610 g/mol. The summed E-state index contributed by atoms with van der Waals surface area (Å²) >= 11 is 5.86. The number of alkyl halides is 6. The molecule has 1 atom stereocenters. The molecule has 4 N–H and O–H groups in total. The van der Waals surface area contributed by atoms with E-state index in [0.717, 1.165) is 18.2 Å². The zero-order valence-electron chi connectivity index (χ0n) is 22.5. The van der Waals surface area contributed by atoms with Gasteiger partial charge in [-0.3, -0.25) is 24.3 Å². The first kappa shape index (κ1) is 33.3. The van der Waals surface area contributed by atoms with Crippen LogP contribution in [0.25, 0.3) is 11.4 Å². The van der Waals surface area contributed by atoms with Crippen LogP contribution < -0.4 is 22.1 Å². The Labute approximate surface area is 244 Å². The van der Waals surface area contributed by atoms with E-state index in [4.69, 9.17) is 17.3 Å². The first-order valence-electron chi connectivity index (χ1n) is 12.4. The van der Waals surface area contributed by atoms with Gasteiger partial charge in [-0.1, -0.05) is 29.8 Å². The quantitative estimate of drug-likeness (QED) is 0.308. The lowest BCUT2D eigenvalue weighted by atomic mass is 9.98. The van der Waals surface area contributed by atoms with Gasteiger partial charge in [0.15, 0.2) is 5.82 Å². The van der Waals surface area contributed by atoms with Crippen LogP contribution >= 0.6 is 11.6 Å². The number of hydrogen-bond acceptors (Lipinski definition) is 6. The zero-order valence-corrected chi connectivity index (χ0v) is 23.3. The van der Waals surface area contributed by atoms with E-state index in [-0.39, 0.29) is 16.4 Å². The zero-order chi connectivity index (χ0) is 32.3. The lowest BCUT2D eigenvalue weighted by Crippen LogP contribution is -2.53. The van der Waals surface area contributed by atoms with Gasteiger partial charge in [0, 0.05) is 17.1 Å². The number of carbonyl (C=O) groups excluding carboxylic acids is 3. The Morgan fingerprint density at radius 2 is 1.60 bits per heavy atom. The Morgan fingerprint density at radius 1 is 1.00 bits per heavy atom. The first-order chi connectivity index (χ1) is 19.8. The summed E-state index contributed by atoms with van der Waals surface area (Å²) in [5, 5.41) is 8.16. The largest absolute Gasteiger partial charge is 0.416 e. The van der Waals surface area contributed by atoms with Crippen LogP contribution in [-0.4, -0.2) is 43.8 Å². The number of carbonyl (C=O) groups is 3. The highest BCUT2D eigenvalue weighted by Gasteiger charge is 2.38. The molecule has 0 saturated heterocycles. The van der Waals surface area contributed by atoms with Crippen LogP contribution in [0, 0.1) is 0 Å². The van der Waals surface area contributed by atoms with E-state index >= 15 is 0 Å². The molecule has 0 bridgehead atoms. The molecule has 1 unspecified atom stereocenters. The summed E-state index contributed by atoms with van der Waals surface area (Å²) in [5.41, 5.74) is 1.05. The monoisotopic (exact) mass is 634 g/mol. The molecule has 0 spiro atoms. The highest BCUT2D eigenvalue weighted by atomic mass is 35.5. The van der Waals surface area contributed by atoms with Gasteiger partial charge in [-0.2, -0.15) is 26.3 Å². The molecule has 0 saturated carbocycles. The Balaban J connectivity index is 2.00. The fraction of sp³-hybridized carbons (Fsp3) is 0.346. The summed E-state index contributed by atoms with van der Waals surface area (Å²) in [4.78, 5) is 51.4. The van der Waals surface area contributed by atoms with E-state index in [0.29, 0.717) is 15.3 Å². The van der Waals surface area contributed by atoms with Gasteiger partial charge >= 0.3 is 18.0 Å². The van der Waals surface area contributed by atoms with E-state index in [1.807, 2.05) is 5.32 Å². The molecule has 10 nitrogen and oxygen atoms in total. The minimum Gasteiger partial charge on any atom is -0.339 e. The number of rotatable bonds is 9. The van der Waals surface area contributed by atoms with E-state index in [1.54, 1.807) is 0 Å². The van der Waals surface area contributed by atoms with Crippen LogP contribution in [-0.2, 0) is 33.6 Å². The third-order valence-electron chi connectivity index (χ3n) is 5.90. The van der Waals surface area contributed by atoms with Crippen molar-refractivity contribution in [3.05, 3.63) is 75.2 Å². The van der Waals surface area contributed by atoms with Crippen LogP contribution in [0.3, 0.4) is 0 Å². The topological polar surface area (TPSA) is 141 Å². The number of nitrogens with one attached hydrogen (secondary N) is 2. The molecule has 0 aliphatic heterocycles. The van der Waals surface area contributed by atoms with Gasteiger partial charge in [-0.05, 0) is 49.7 Å². The van der Waals surface area contributed by atoms with Crippen LogP contribution in [0.5, 0.6) is 0 Å². The van der Waals surface area contributed by atoms with Gasteiger partial charge in [-0.25, -0.2) is 9.48 Å². The van der Waals surface area contributed by atoms with Crippen molar-refractivity contribution >= 4 is 29.3 Å². The summed E-state index contributed by atoms with van der Waals surface area (Å²) < 4.78 is 81.4. The van der Waals surface area contributed by atoms with Crippen molar-refractivity contribution in [3.8, 4) is 11.4 Å². The number of nitrogens with two attached hydrogens (primary N) is 1. The Hall–Kier alpha value is -4.18. The molecule has 232 valence electrons. The molecule has 43 heavy (non-hydrogen) atoms. The molecule has 1 aromatic heterocycles. The maximum atomic E-state index is 13.8. The minimum absolute atomic E-state index is 0.183. The van der Waals surface area contributed by atoms with E-state index in [1.165, 1.54) is 38.1 Å². The standard InChI is InChI=1S/C26H25ClF6N6O4/c1-24(2,34)22(42)36-21(41)19(16-5-3-4-6-17(16)26(31,32)33)35-18(40)13-39-23(43)38(12-11-25(28,29)30)20(37-39)14-7-9-15(27)10-8-14/h3-10,19H,11-13,34H2,1-2H3,(H,35,40)(H,36,41,42). The highest BCUT2D eigenvalue weighted by Crippen LogP contribution is 2.34. The summed E-state index contributed by atoms with van der Waals surface area (Å²) in [6.45, 7) is 0.592. The molecule has 3 aromatic rings. The van der Waals surface area contributed by atoms with Crippen molar-refractivity contribution in [2.75, 3.05) is 0 Å². The second-order valence-corrected chi connectivity index (χ2v) is 10.3. The van der Waals surface area contributed by atoms with Crippen LogP contribution in [0.1, 0.15) is 37.4 Å². The molecule has 0 aliphatic rings. The molecule has 2 aromatic carbocycles. The summed E-state index contributed by atoms with van der Waals surface area (Å²) in [6.07, 6.45) is -11.0. The number of halogens is 7. The number of aromatic nitrogens is 3. The molecule has 17 heteroatoms. The van der Waals surface area contributed by atoms with Gasteiger partial charge < -0.3 is 11.1 Å². The summed E-state index contributed by atoms with van der Waals surface area (Å²) in [5.74, 6) is -3.89. The Bertz CT molecular complexity index is 1560. The van der Waals surface area contributed by atoms with Crippen molar-refractivity contribution in [2.24, 2.45) is 5.73 Å². The second kappa shape index (κ2) is 12.6. The Kier molecular flexibility index (Phi) is 9.76. The van der Waals surface area contributed by atoms with Crippen molar-refractivity contribution < 1.29 is 40.7 Å². The third kappa shape index (κ3) is 8.67. The van der Waals surface area contributed by atoms with E-state index in [2.05, 4.69) is 10.4 Å². The van der Waals surface area contributed by atoms with E-state index < -0.39 is 78.0 Å². The van der Waals surface area contributed by atoms with Crippen molar-refractivity contribution in [1.29, 1.82) is 0 Å². The molecule has 3 rings (SSSR count). The smallest absolute Gasteiger partial charge is 0.339 e. The van der Waals surface area contributed by atoms with Gasteiger partial charge in [0.2, 0.25) is 11.8 Å². The van der Waals surface area contributed by atoms with Gasteiger partial charge in [0.25, 0.3) is 5.91 Å². The predicted octanol–water partition coefficient (Wildman–Crippen LogP) is 3.57.